The number of hydrogen-bond acceptors (Lipinski definition) is 5. The van der Waals surface area contributed by atoms with E-state index in [4.69, 9.17) is 37.7 Å². The molecule has 10 heteroatoms. The summed E-state index contributed by atoms with van der Waals surface area (Å²) in [6.07, 6.45) is 1.26. The molecule has 8 nitrogen and oxygen atoms in total. The number of urea groups is 1. The average Bonchev–Trinajstić information content (AvgIpc) is 3.72. The maximum Gasteiger partial charge on any atom is 0.326 e. The number of amides is 3. The molecule has 48 heavy (non-hydrogen) atoms. The van der Waals surface area contributed by atoms with Gasteiger partial charge in [0.2, 0.25) is 0 Å². The van der Waals surface area contributed by atoms with Gasteiger partial charge < -0.3 is 19.3 Å². The van der Waals surface area contributed by atoms with Crippen LogP contribution in [-0.2, 0) is 20.5 Å². The molecule has 3 aliphatic rings. The van der Waals surface area contributed by atoms with Crippen molar-refractivity contribution in [2.24, 2.45) is 4.99 Å². The molecule has 0 saturated carbocycles. The number of rotatable bonds is 6. The standard InChI is InChI=1S/C38H44Cl2N4O4/c1-6-47-32-24-27(37(2,3)4)13-18-30(32)34-41-38(5,26-11-16-29(40)17-12-26)33(25-9-14-28(39)15-10-25)44(34)36(46)43-21-19-42(20-22-43)35(45)31-8-7-23-48-31/h9-18,24,31,33H,6-8,19-23H2,1-5H3. The van der Waals surface area contributed by atoms with E-state index in [9.17, 15) is 9.59 Å². The van der Waals surface area contributed by atoms with Crippen molar-refractivity contribution in [3.05, 3.63) is 99.0 Å². The van der Waals surface area contributed by atoms with E-state index in [1.54, 1.807) is 0 Å². The van der Waals surface area contributed by atoms with Crippen molar-refractivity contribution in [1.29, 1.82) is 0 Å². The van der Waals surface area contributed by atoms with Crippen molar-refractivity contribution in [1.82, 2.24) is 14.7 Å². The van der Waals surface area contributed by atoms with E-state index >= 15 is 0 Å². The highest BCUT2D eigenvalue weighted by atomic mass is 35.5. The Morgan fingerprint density at radius 3 is 2.15 bits per heavy atom. The first-order valence-electron chi connectivity index (χ1n) is 16.8. The Balaban J connectivity index is 1.46. The lowest BCUT2D eigenvalue weighted by molar-refractivity contribution is -0.142. The first-order valence-corrected chi connectivity index (χ1v) is 17.5. The fourth-order valence-electron chi connectivity index (χ4n) is 6.92. The molecule has 3 aliphatic heterocycles. The second-order valence-electron chi connectivity index (χ2n) is 13.9. The molecule has 6 rings (SSSR count). The Kier molecular flexibility index (Phi) is 9.81. The zero-order chi connectivity index (χ0) is 34.2. The maximum atomic E-state index is 15.0. The number of carbonyl (C=O) groups is 2. The van der Waals surface area contributed by atoms with Crippen LogP contribution < -0.4 is 4.74 Å². The van der Waals surface area contributed by atoms with Crippen LogP contribution in [0.3, 0.4) is 0 Å². The van der Waals surface area contributed by atoms with E-state index in [-0.39, 0.29) is 23.5 Å². The van der Waals surface area contributed by atoms with Gasteiger partial charge in [-0.3, -0.25) is 14.7 Å². The minimum Gasteiger partial charge on any atom is -0.493 e. The normalized spacial score (nSPS) is 23.0. The van der Waals surface area contributed by atoms with E-state index in [1.165, 1.54) is 0 Å². The molecule has 0 aliphatic carbocycles. The first-order chi connectivity index (χ1) is 22.9. The smallest absolute Gasteiger partial charge is 0.326 e. The Hall–Kier alpha value is -3.59. The van der Waals surface area contributed by atoms with Crippen LogP contribution in [0, 0.1) is 0 Å². The van der Waals surface area contributed by atoms with Gasteiger partial charge in [-0.1, -0.05) is 74.3 Å². The fraction of sp³-hybridized carbons (Fsp3) is 0.447. The van der Waals surface area contributed by atoms with Crippen LogP contribution in [0.5, 0.6) is 5.75 Å². The maximum absolute atomic E-state index is 15.0. The second kappa shape index (κ2) is 13.7. The summed E-state index contributed by atoms with van der Waals surface area (Å²) >= 11 is 12.7. The molecule has 2 saturated heterocycles. The quantitative estimate of drug-likeness (QED) is 0.264. The number of amidine groups is 1. The molecule has 3 amide bonds. The number of ether oxygens (including phenoxy) is 2. The van der Waals surface area contributed by atoms with Crippen molar-refractivity contribution in [2.75, 3.05) is 39.4 Å². The Labute approximate surface area is 293 Å². The summed E-state index contributed by atoms with van der Waals surface area (Å²) in [4.78, 5) is 39.1. The zero-order valence-corrected chi connectivity index (χ0v) is 29.9. The molecular weight excluding hydrogens is 647 g/mol. The molecule has 3 heterocycles. The van der Waals surface area contributed by atoms with E-state index in [1.807, 2.05) is 76.2 Å². The molecule has 3 aromatic carbocycles. The summed E-state index contributed by atoms with van der Waals surface area (Å²) in [5.74, 6) is 1.21. The van der Waals surface area contributed by atoms with Gasteiger partial charge >= 0.3 is 6.03 Å². The lowest BCUT2D eigenvalue weighted by Gasteiger charge is -2.41. The van der Waals surface area contributed by atoms with Gasteiger partial charge in [0.05, 0.1) is 18.2 Å². The highest BCUT2D eigenvalue weighted by molar-refractivity contribution is 6.30. The molecule has 3 atom stereocenters. The predicted octanol–water partition coefficient (Wildman–Crippen LogP) is 7.85. The topological polar surface area (TPSA) is 74.7 Å². The van der Waals surface area contributed by atoms with Crippen LogP contribution in [0.4, 0.5) is 4.79 Å². The van der Waals surface area contributed by atoms with Crippen LogP contribution in [-0.4, -0.2) is 78.0 Å². The molecule has 0 bridgehead atoms. The van der Waals surface area contributed by atoms with Gasteiger partial charge in [0.25, 0.3) is 5.91 Å². The Bertz CT molecular complexity index is 1670. The summed E-state index contributed by atoms with van der Waals surface area (Å²) in [6, 6.07) is 20.7. The number of benzene rings is 3. The van der Waals surface area contributed by atoms with E-state index in [2.05, 4.69) is 39.8 Å². The molecule has 0 spiro atoms. The van der Waals surface area contributed by atoms with Crippen LogP contribution in [0.25, 0.3) is 0 Å². The minimum absolute atomic E-state index is 0.0117. The van der Waals surface area contributed by atoms with Gasteiger partial charge in [-0.15, -0.1) is 0 Å². The summed E-state index contributed by atoms with van der Waals surface area (Å²) in [5, 5.41) is 1.22. The van der Waals surface area contributed by atoms with Gasteiger partial charge in [-0.2, -0.15) is 0 Å². The lowest BCUT2D eigenvalue weighted by atomic mass is 9.81. The van der Waals surface area contributed by atoms with E-state index < -0.39 is 11.6 Å². The van der Waals surface area contributed by atoms with Crippen molar-refractivity contribution in [2.45, 2.75) is 70.6 Å². The molecule has 0 aromatic heterocycles. The third-order valence-electron chi connectivity index (χ3n) is 9.63. The summed E-state index contributed by atoms with van der Waals surface area (Å²) in [7, 11) is 0. The Morgan fingerprint density at radius 2 is 1.56 bits per heavy atom. The molecule has 0 N–H and O–H groups in total. The van der Waals surface area contributed by atoms with Crippen LogP contribution in [0.2, 0.25) is 10.0 Å². The highest BCUT2D eigenvalue weighted by Crippen LogP contribution is 2.50. The number of carbonyl (C=O) groups excluding carboxylic acids is 2. The van der Waals surface area contributed by atoms with E-state index in [0.29, 0.717) is 61.0 Å². The number of halogens is 2. The third kappa shape index (κ3) is 6.67. The van der Waals surface area contributed by atoms with Gasteiger partial charge in [0, 0.05) is 42.8 Å². The number of hydrogen-bond donors (Lipinski definition) is 0. The SMILES string of the molecule is CCOc1cc(C(C)(C)C)ccc1C1=NC(C)(c2ccc(Cl)cc2)C(c2ccc(Cl)cc2)N1C(=O)N1CCN(C(=O)C2CCCO2)CC1. The van der Waals surface area contributed by atoms with Crippen LogP contribution in [0.15, 0.2) is 71.7 Å². The zero-order valence-electron chi connectivity index (χ0n) is 28.3. The monoisotopic (exact) mass is 690 g/mol. The van der Waals surface area contributed by atoms with Crippen LogP contribution >= 0.6 is 23.2 Å². The largest absolute Gasteiger partial charge is 0.493 e. The third-order valence-corrected chi connectivity index (χ3v) is 10.1. The van der Waals surface area contributed by atoms with Crippen LogP contribution in [0.1, 0.15) is 75.8 Å². The average molecular weight is 692 g/mol. The lowest BCUT2D eigenvalue weighted by Crippen LogP contribution is -2.56. The first kappa shape index (κ1) is 34.3. The number of nitrogens with zero attached hydrogens (tertiary/aromatic N) is 4. The van der Waals surface area contributed by atoms with Gasteiger partial charge in [0.15, 0.2) is 0 Å². The van der Waals surface area contributed by atoms with Gasteiger partial charge in [-0.25, -0.2) is 4.79 Å². The summed E-state index contributed by atoms with van der Waals surface area (Å²) in [6.45, 7) is 13.3. The molecule has 254 valence electrons. The number of aliphatic imine (C=N–C) groups is 1. The molecule has 3 unspecified atom stereocenters. The Morgan fingerprint density at radius 1 is 0.938 bits per heavy atom. The second-order valence-corrected chi connectivity index (χ2v) is 14.8. The minimum atomic E-state index is -0.896. The number of piperazine rings is 1. The summed E-state index contributed by atoms with van der Waals surface area (Å²) < 4.78 is 11.9. The molecule has 2 fully saturated rings. The molecule has 3 aromatic rings. The van der Waals surface area contributed by atoms with Crippen molar-refractivity contribution >= 4 is 41.0 Å². The van der Waals surface area contributed by atoms with Crippen molar-refractivity contribution in [3.63, 3.8) is 0 Å². The fourth-order valence-corrected chi connectivity index (χ4v) is 7.18. The van der Waals surface area contributed by atoms with E-state index in [0.717, 1.165) is 35.1 Å². The summed E-state index contributed by atoms with van der Waals surface area (Å²) in [5.41, 5.74) is 2.65. The van der Waals surface area contributed by atoms with Gasteiger partial charge in [0.1, 0.15) is 23.2 Å². The predicted molar refractivity (Wildman–Crippen MR) is 190 cm³/mol. The van der Waals surface area contributed by atoms with Gasteiger partial charge in [-0.05, 0) is 85.2 Å². The van der Waals surface area contributed by atoms with Crippen molar-refractivity contribution < 1.29 is 19.1 Å². The van der Waals surface area contributed by atoms with Crippen molar-refractivity contribution in [3.8, 4) is 5.75 Å². The highest BCUT2D eigenvalue weighted by Gasteiger charge is 2.52. The molecule has 0 radical (unpaired) electrons. The molecular formula is C38H44Cl2N4O4.